The Hall–Kier alpha value is -3.47. The highest BCUT2D eigenvalue weighted by atomic mass is 32.2. The third-order valence-corrected chi connectivity index (χ3v) is 9.81. The number of hydrogen-bond donors (Lipinski definition) is 4. The average molecular weight is 676 g/mol. The third-order valence-electron chi connectivity index (χ3n) is 7.83. The highest BCUT2D eigenvalue weighted by Crippen LogP contribution is 2.51. The number of anilines is 1. The molecule has 3 fully saturated rings. The van der Waals surface area contributed by atoms with Gasteiger partial charge in [-0.2, -0.15) is 13.1 Å². The Bertz CT molecular complexity index is 2010. The van der Waals surface area contributed by atoms with Gasteiger partial charge < -0.3 is 29.7 Å². The van der Waals surface area contributed by atoms with Crippen LogP contribution in [0.4, 0.5) is 14.6 Å². The van der Waals surface area contributed by atoms with Crippen LogP contribution in [0, 0.1) is 11.7 Å². The van der Waals surface area contributed by atoms with E-state index < -0.39 is 97.0 Å². The quantitative estimate of drug-likeness (QED) is 0.201. The summed E-state index contributed by atoms with van der Waals surface area (Å²) in [4.78, 5) is 41.0. The summed E-state index contributed by atoms with van der Waals surface area (Å²) < 4.78 is 102. The fourth-order valence-electron chi connectivity index (χ4n) is 5.63. The molecule has 4 aromatic heterocycles. The molecular formula is C22H24F2N9O10PS. The fourth-order valence-corrected chi connectivity index (χ4v) is 7.58. The van der Waals surface area contributed by atoms with E-state index in [9.17, 15) is 27.1 Å². The van der Waals surface area contributed by atoms with E-state index in [2.05, 4.69) is 29.6 Å². The molecule has 0 spiro atoms. The smallest absolute Gasteiger partial charge is 0.382 e. The largest absolute Gasteiger partial charge is 0.472 e. The molecule has 0 radical (unpaired) electrons. The summed E-state index contributed by atoms with van der Waals surface area (Å²) in [7, 11) is -9.75. The number of H-pyrrole nitrogens is 1. The Balaban J connectivity index is 1.21. The van der Waals surface area contributed by atoms with Crippen LogP contribution < -0.4 is 16.0 Å². The van der Waals surface area contributed by atoms with E-state index in [4.69, 9.17) is 28.4 Å². The standard InChI is InChI=1S/C22H24F2N9O10PS/c1-8-11-4-39-44(35,36)42-16-10(40-21(13(16)24)33-7-30-14-17(25)26-5-28-19(14)33)2-31-45(37,38)43-15(8)22(41-11)32-3-9(23)12-18(32)27-6-29-20(12)34/h3,5-8,10-11,13,15-16,21-22,31H,2,4H2,1H3,(H,35,36)(H2,25,26,28)(H,27,29,34)/t8-,10-,11-,13-,15-,16-,21-,22-/m1/s1. The van der Waals surface area contributed by atoms with E-state index in [1.165, 1.54) is 13.3 Å². The topological polar surface area (TPSA) is 250 Å². The fraction of sp³-hybridized carbons (Fsp3) is 0.500. The van der Waals surface area contributed by atoms with Crippen LogP contribution in [0.5, 0.6) is 0 Å². The van der Waals surface area contributed by atoms with Crippen molar-refractivity contribution < 1.29 is 49.4 Å². The van der Waals surface area contributed by atoms with Crippen LogP contribution in [0.3, 0.4) is 0 Å². The number of phosphoric acid groups is 1. The van der Waals surface area contributed by atoms with Gasteiger partial charge in [0.2, 0.25) is 0 Å². The number of imidazole rings is 1. The normalized spacial score (nSPS) is 35.6. The minimum Gasteiger partial charge on any atom is -0.382 e. The lowest BCUT2D eigenvalue weighted by Crippen LogP contribution is -2.42. The number of phosphoric ester groups is 1. The summed E-state index contributed by atoms with van der Waals surface area (Å²) in [6, 6.07) is 0. The van der Waals surface area contributed by atoms with Crippen molar-refractivity contribution in [3.8, 4) is 0 Å². The van der Waals surface area contributed by atoms with Gasteiger partial charge in [0.1, 0.15) is 35.5 Å². The van der Waals surface area contributed by atoms with Gasteiger partial charge in [-0.25, -0.2) is 37.5 Å². The molecule has 242 valence electrons. The van der Waals surface area contributed by atoms with Crippen LogP contribution >= 0.6 is 7.82 Å². The van der Waals surface area contributed by atoms with Crippen LogP contribution in [-0.2, 0) is 37.6 Å². The number of halogens is 2. The van der Waals surface area contributed by atoms with Crippen LogP contribution in [0.1, 0.15) is 19.4 Å². The van der Waals surface area contributed by atoms with E-state index in [0.717, 1.165) is 28.0 Å². The van der Waals surface area contributed by atoms with Crippen molar-refractivity contribution in [3.63, 3.8) is 0 Å². The molecule has 4 aromatic rings. The summed E-state index contributed by atoms with van der Waals surface area (Å²) in [5.74, 6) is -1.82. The van der Waals surface area contributed by atoms with Gasteiger partial charge in [-0.05, 0) is 0 Å². The maximum absolute atomic E-state index is 15.9. The molecule has 3 aliphatic rings. The Morgan fingerprint density at radius 2 is 1.89 bits per heavy atom. The van der Waals surface area contributed by atoms with Crippen LogP contribution in [0.2, 0.25) is 0 Å². The Morgan fingerprint density at radius 3 is 2.69 bits per heavy atom. The first-order valence-electron chi connectivity index (χ1n) is 13.3. The van der Waals surface area contributed by atoms with E-state index in [1.807, 2.05) is 0 Å². The highest BCUT2D eigenvalue weighted by molar-refractivity contribution is 7.84. The number of aromatic amines is 1. The Labute approximate surface area is 250 Å². The summed E-state index contributed by atoms with van der Waals surface area (Å²) >= 11 is 0. The third kappa shape index (κ3) is 5.20. The minimum atomic E-state index is -5.06. The second-order valence-corrected chi connectivity index (χ2v) is 13.3. The summed E-state index contributed by atoms with van der Waals surface area (Å²) in [6.07, 6.45) is -6.75. The first-order chi connectivity index (χ1) is 21.3. The maximum atomic E-state index is 15.9. The summed E-state index contributed by atoms with van der Waals surface area (Å²) in [5.41, 5.74) is 5.06. The molecule has 3 aliphatic heterocycles. The zero-order chi connectivity index (χ0) is 31.8. The second kappa shape index (κ2) is 10.8. The maximum Gasteiger partial charge on any atom is 0.472 e. The minimum absolute atomic E-state index is 0.00624. The molecule has 9 atom stereocenters. The van der Waals surface area contributed by atoms with Crippen molar-refractivity contribution in [1.82, 2.24) is 38.8 Å². The number of nitrogens with two attached hydrogens (primary N) is 1. The number of rotatable bonds is 2. The Kier molecular flexibility index (Phi) is 7.26. The molecule has 0 aliphatic carbocycles. The van der Waals surface area contributed by atoms with Gasteiger partial charge in [0.05, 0.1) is 25.4 Å². The van der Waals surface area contributed by atoms with Gasteiger partial charge in [-0.3, -0.25) is 18.4 Å². The van der Waals surface area contributed by atoms with E-state index >= 15 is 4.39 Å². The van der Waals surface area contributed by atoms with Gasteiger partial charge in [-0.15, -0.1) is 0 Å². The zero-order valence-electron chi connectivity index (χ0n) is 22.8. The number of alkyl halides is 1. The lowest BCUT2D eigenvalue weighted by molar-refractivity contribution is -0.0498. The molecular weight excluding hydrogens is 651 g/mol. The van der Waals surface area contributed by atoms with Crippen LogP contribution in [-0.4, -0.2) is 91.1 Å². The second-order valence-electron chi connectivity index (χ2n) is 10.5. The van der Waals surface area contributed by atoms with Crippen molar-refractivity contribution >= 4 is 46.1 Å². The number of nitrogens with zero attached hydrogens (tertiary/aromatic N) is 6. The van der Waals surface area contributed by atoms with Gasteiger partial charge in [0, 0.05) is 18.7 Å². The predicted octanol–water partition coefficient (Wildman–Crippen LogP) is -0.210. The summed E-state index contributed by atoms with van der Waals surface area (Å²) in [6.45, 7) is 0.155. The van der Waals surface area contributed by atoms with Gasteiger partial charge in [0.15, 0.2) is 41.6 Å². The van der Waals surface area contributed by atoms with Crippen molar-refractivity contribution in [2.24, 2.45) is 5.92 Å². The zero-order valence-corrected chi connectivity index (χ0v) is 24.5. The lowest BCUT2D eigenvalue weighted by Gasteiger charge is -2.24. The van der Waals surface area contributed by atoms with Gasteiger partial charge in [-0.1, -0.05) is 6.92 Å². The molecule has 2 bridgehead atoms. The molecule has 23 heteroatoms. The molecule has 45 heavy (non-hydrogen) atoms. The van der Waals surface area contributed by atoms with E-state index in [0.29, 0.717) is 0 Å². The number of nitrogens with one attached hydrogen (secondary N) is 2. The van der Waals surface area contributed by atoms with E-state index in [-0.39, 0.29) is 22.6 Å². The molecule has 0 aromatic carbocycles. The number of aromatic nitrogens is 7. The first kappa shape index (κ1) is 30.2. The number of ether oxygens (including phenoxy) is 2. The molecule has 1 unspecified atom stereocenters. The molecule has 0 saturated carbocycles. The average Bonchev–Trinajstić information content (AvgIpc) is 3.71. The van der Waals surface area contributed by atoms with Crippen LogP contribution in [0.25, 0.3) is 22.2 Å². The molecule has 7 rings (SSSR count). The van der Waals surface area contributed by atoms with Crippen molar-refractivity contribution in [1.29, 1.82) is 0 Å². The number of nitrogen functional groups attached to an aromatic ring is 1. The van der Waals surface area contributed by atoms with Crippen molar-refractivity contribution in [2.45, 2.75) is 50.0 Å². The molecule has 3 saturated heterocycles. The SMILES string of the molecule is C[C@H]1[C@H]2OS(=O)(=O)NC[C@H]3O[C@@H](n4cnc5c(N)ncnc54)[C@H](F)[C@@H]3OP(=O)(O)OC[C@H]1O[C@H]2n1cc(F)c2c(=O)[nH]cnc21. The van der Waals surface area contributed by atoms with Gasteiger partial charge >= 0.3 is 18.1 Å². The first-order valence-corrected chi connectivity index (χ1v) is 16.2. The lowest BCUT2D eigenvalue weighted by atomic mass is 10.0. The predicted molar refractivity (Wildman–Crippen MR) is 144 cm³/mol. The molecule has 7 heterocycles. The van der Waals surface area contributed by atoms with Crippen molar-refractivity contribution in [2.75, 3.05) is 18.9 Å². The van der Waals surface area contributed by atoms with Crippen molar-refractivity contribution in [3.05, 3.63) is 41.3 Å². The number of hydrogen-bond acceptors (Lipinski definition) is 14. The Morgan fingerprint density at radius 1 is 1.11 bits per heavy atom. The monoisotopic (exact) mass is 675 g/mol. The van der Waals surface area contributed by atoms with Crippen LogP contribution in [0.15, 0.2) is 30.0 Å². The number of fused-ring (bicyclic) bond motifs is 5. The molecule has 0 amide bonds. The molecule has 19 nitrogen and oxygen atoms in total. The summed E-state index contributed by atoms with van der Waals surface area (Å²) in [5, 5.41) is -0.407. The van der Waals surface area contributed by atoms with E-state index in [1.54, 1.807) is 0 Å². The van der Waals surface area contributed by atoms with Gasteiger partial charge in [0.25, 0.3) is 5.56 Å². The highest BCUT2D eigenvalue weighted by Gasteiger charge is 2.53. The molecule has 5 N–H and O–H groups in total.